The fraction of sp³-hybridized carbons (Fsp3) is 0.476. The maximum atomic E-state index is 13.5. The number of allylic oxidation sites excluding steroid dienone is 1. The third-order valence-electron chi connectivity index (χ3n) is 5.47. The highest BCUT2D eigenvalue weighted by Crippen LogP contribution is 2.33. The van der Waals surface area contributed by atoms with Crippen molar-refractivity contribution in [3.05, 3.63) is 48.2 Å². The number of aliphatic imine (C=N–C) groups is 1. The Morgan fingerprint density at radius 1 is 1.44 bits per heavy atom. The molecule has 0 spiro atoms. The van der Waals surface area contributed by atoms with E-state index in [4.69, 9.17) is 4.99 Å². The topological polar surface area (TPSA) is 48.8 Å². The van der Waals surface area contributed by atoms with Gasteiger partial charge >= 0.3 is 0 Å². The molecule has 1 unspecified atom stereocenters. The predicted molar refractivity (Wildman–Crippen MR) is 105 cm³/mol. The summed E-state index contributed by atoms with van der Waals surface area (Å²) in [5.41, 5.74) is 1.82. The summed E-state index contributed by atoms with van der Waals surface area (Å²) in [6.45, 7) is 7.98. The van der Waals surface area contributed by atoms with E-state index in [-0.39, 0.29) is 11.9 Å². The van der Waals surface area contributed by atoms with Gasteiger partial charge in [-0.05, 0) is 32.3 Å². The lowest BCUT2D eigenvalue weighted by atomic mass is 10.0. The molecule has 1 aliphatic heterocycles. The second kappa shape index (κ2) is 8.03. The minimum atomic E-state index is -0.560. The van der Waals surface area contributed by atoms with Crippen LogP contribution in [0, 0.1) is 5.95 Å². The van der Waals surface area contributed by atoms with E-state index in [9.17, 15) is 9.18 Å². The molecule has 0 radical (unpaired) electrons. The first-order valence-corrected chi connectivity index (χ1v) is 9.60. The van der Waals surface area contributed by atoms with Crippen molar-refractivity contribution in [3.63, 3.8) is 0 Å². The summed E-state index contributed by atoms with van der Waals surface area (Å²) in [4.78, 5) is 25.2. The Kier molecular flexibility index (Phi) is 5.73. The van der Waals surface area contributed by atoms with Gasteiger partial charge in [0.15, 0.2) is 5.84 Å². The van der Waals surface area contributed by atoms with Crippen LogP contribution in [-0.4, -0.2) is 45.7 Å². The van der Waals surface area contributed by atoms with Crippen molar-refractivity contribution in [2.24, 2.45) is 4.99 Å². The van der Waals surface area contributed by atoms with Crippen molar-refractivity contribution in [2.75, 3.05) is 7.05 Å². The third kappa shape index (κ3) is 3.66. The van der Waals surface area contributed by atoms with Crippen LogP contribution in [0.2, 0.25) is 0 Å². The van der Waals surface area contributed by atoms with Crippen molar-refractivity contribution >= 4 is 17.4 Å². The second-order valence-electron chi connectivity index (χ2n) is 7.09. The van der Waals surface area contributed by atoms with Crippen molar-refractivity contribution < 1.29 is 9.18 Å². The molecule has 3 rings (SSSR count). The van der Waals surface area contributed by atoms with Gasteiger partial charge in [0.05, 0.1) is 11.4 Å². The quantitative estimate of drug-likeness (QED) is 0.753. The number of pyridine rings is 1. The molecule has 6 heteroatoms. The monoisotopic (exact) mass is 370 g/mol. The average Bonchev–Trinajstić information content (AvgIpc) is 3.18. The van der Waals surface area contributed by atoms with E-state index < -0.39 is 5.95 Å². The Morgan fingerprint density at radius 2 is 2.15 bits per heavy atom. The molecule has 2 heterocycles. The van der Waals surface area contributed by atoms with Gasteiger partial charge in [0.1, 0.15) is 6.04 Å². The maximum absolute atomic E-state index is 13.5. The molecule has 1 aliphatic carbocycles. The second-order valence-corrected chi connectivity index (χ2v) is 7.09. The number of hydrogen-bond acceptors (Lipinski definition) is 3. The van der Waals surface area contributed by atoms with E-state index in [1.54, 1.807) is 18.0 Å². The van der Waals surface area contributed by atoms with Gasteiger partial charge in [-0.2, -0.15) is 4.39 Å². The zero-order valence-electron chi connectivity index (χ0n) is 16.3. The first-order chi connectivity index (χ1) is 13.0. The SMILES string of the molecule is C=C(N=C1/C(=C\C)N(C)C(=O)C(CC)N1C1CCCC1)c1ccnc(F)c1. The van der Waals surface area contributed by atoms with Crippen LogP contribution in [0.4, 0.5) is 4.39 Å². The fourth-order valence-electron chi connectivity index (χ4n) is 4.08. The number of hydrogen-bond donors (Lipinski definition) is 0. The molecule has 27 heavy (non-hydrogen) atoms. The van der Waals surface area contributed by atoms with Crippen LogP contribution in [0.1, 0.15) is 51.5 Å². The molecule has 1 saturated carbocycles. The number of nitrogens with zero attached hydrogens (tertiary/aromatic N) is 4. The highest BCUT2D eigenvalue weighted by Gasteiger charge is 2.42. The lowest BCUT2D eigenvalue weighted by molar-refractivity contribution is -0.134. The maximum Gasteiger partial charge on any atom is 0.249 e. The fourth-order valence-corrected chi connectivity index (χ4v) is 4.08. The first kappa shape index (κ1) is 19.3. The summed E-state index contributed by atoms with van der Waals surface area (Å²) in [5, 5.41) is 0. The summed E-state index contributed by atoms with van der Waals surface area (Å²) in [6, 6.07) is 3.09. The molecule has 5 nitrogen and oxygen atoms in total. The molecule has 1 atom stereocenters. The summed E-state index contributed by atoms with van der Waals surface area (Å²) in [6.07, 6.45) is 8.47. The molecular formula is C21H27FN4O. The van der Waals surface area contributed by atoms with Crippen molar-refractivity contribution in [2.45, 2.75) is 58.0 Å². The van der Waals surface area contributed by atoms with Gasteiger partial charge in [-0.25, -0.2) is 9.98 Å². The summed E-state index contributed by atoms with van der Waals surface area (Å²) < 4.78 is 13.5. The van der Waals surface area contributed by atoms with E-state index in [1.807, 2.05) is 19.9 Å². The lowest BCUT2D eigenvalue weighted by Gasteiger charge is -2.45. The Balaban J connectivity index is 2.08. The molecule has 1 amide bonds. The number of likely N-dealkylation sites (N-methyl/N-ethyl adjacent to an activating group) is 1. The third-order valence-corrected chi connectivity index (χ3v) is 5.47. The smallest absolute Gasteiger partial charge is 0.249 e. The van der Waals surface area contributed by atoms with Gasteiger partial charge < -0.3 is 9.80 Å². The first-order valence-electron chi connectivity index (χ1n) is 9.60. The Morgan fingerprint density at radius 3 is 2.74 bits per heavy atom. The molecule has 0 bridgehead atoms. The predicted octanol–water partition coefficient (Wildman–Crippen LogP) is 3.99. The van der Waals surface area contributed by atoms with Crippen LogP contribution in [0.25, 0.3) is 5.70 Å². The molecule has 0 N–H and O–H groups in total. The number of carbonyl (C=O) groups is 1. The number of amides is 1. The van der Waals surface area contributed by atoms with Crippen LogP contribution in [0.15, 0.2) is 41.7 Å². The number of carbonyl (C=O) groups excluding carboxylic acids is 1. The van der Waals surface area contributed by atoms with E-state index in [2.05, 4.69) is 16.5 Å². The molecule has 144 valence electrons. The minimum absolute atomic E-state index is 0.0945. The number of rotatable bonds is 4. The van der Waals surface area contributed by atoms with E-state index in [0.29, 0.717) is 23.7 Å². The Bertz CT molecular complexity index is 795. The summed E-state index contributed by atoms with van der Waals surface area (Å²) in [7, 11) is 1.79. The van der Waals surface area contributed by atoms with Gasteiger partial charge in [0.2, 0.25) is 11.9 Å². The van der Waals surface area contributed by atoms with Gasteiger partial charge in [-0.1, -0.05) is 32.4 Å². The number of amidine groups is 1. The largest absolute Gasteiger partial charge is 0.340 e. The number of halogens is 1. The van der Waals surface area contributed by atoms with Crippen LogP contribution in [-0.2, 0) is 4.79 Å². The minimum Gasteiger partial charge on any atom is -0.340 e. The van der Waals surface area contributed by atoms with E-state index >= 15 is 0 Å². The highest BCUT2D eigenvalue weighted by molar-refractivity contribution is 6.09. The Hall–Kier alpha value is -2.50. The van der Waals surface area contributed by atoms with Crippen molar-refractivity contribution in [1.82, 2.24) is 14.8 Å². The molecule has 1 aromatic rings. The van der Waals surface area contributed by atoms with Crippen LogP contribution < -0.4 is 0 Å². The van der Waals surface area contributed by atoms with Crippen LogP contribution in [0.3, 0.4) is 0 Å². The van der Waals surface area contributed by atoms with Gasteiger partial charge in [0.25, 0.3) is 0 Å². The molecule has 2 aliphatic rings. The van der Waals surface area contributed by atoms with Gasteiger partial charge in [0, 0.05) is 30.9 Å². The Labute approximate surface area is 160 Å². The molecule has 2 fully saturated rings. The number of aromatic nitrogens is 1. The standard InChI is InChI=1S/C21H27FN4O/c1-5-17-20(24-14(3)15-11-12-23-19(22)13-15)26(16-9-7-8-10-16)18(6-2)21(27)25(17)4/h5,11-13,16,18H,3,6-10H2,1-2,4H3/b17-5+,24-20?. The summed E-state index contributed by atoms with van der Waals surface area (Å²) in [5.74, 6) is 0.285. The van der Waals surface area contributed by atoms with Crippen molar-refractivity contribution in [3.8, 4) is 0 Å². The van der Waals surface area contributed by atoms with E-state index in [0.717, 1.165) is 37.2 Å². The lowest BCUT2D eigenvalue weighted by Crippen LogP contribution is -2.60. The van der Waals surface area contributed by atoms with Crippen LogP contribution in [0.5, 0.6) is 0 Å². The molecular weight excluding hydrogens is 343 g/mol. The van der Waals surface area contributed by atoms with Gasteiger partial charge in [-0.3, -0.25) is 4.79 Å². The number of piperazine rings is 1. The average molecular weight is 370 g/mol. The van der Waals surface area contributed by atoms with E-state index in [1.165, 1.54) is 12.3 Å². The van der Waals surface area contributed by atoms with Gasteiger partial charge in [-0.15, -0.1) is 0 Å². The van der Waals surface area contributed by atoms with Crippen LogP contribution >= 0.6 is 0 Å². The molecule has 1 aromatic heterocycles. The van der Waals surface area contributed by atoms with Crippen molar-refractivity contribution in [1.29, 1.82) is 0 Å². The summed E-state index contributed by atoms with van der Waals surface area (Å²) >= 11 is 0. The normalized spacial score (nSPS) is 24.3. The zero-order chi connectivity index (χ0) is 19.6. The highest BCUT2D eigenvalue weighted by atomic mass is 19.1. The molecule has 0 aromatic carbocycles. The zero-order valence-corrected chi connectivity index (χ0v) is 16.3. The molecule has 1 saturated heterocycles.